The highest BCUT2D eigenvalue weighted by Crippen LogP contribution is 2.29. The van der Waals surface area contributed by atoms with Gasteiger partial charge < -0.3 is 10.6 Å². The van der Waals surface area contributed by atoms with Crippen LogP contribution in [0.25, 0.3) is 0 Å². The Kier molecular flexibility index (Phi) is 5.68. The summed E-state index contributed by atoms with van der Waals surface area (Å²) in [5.41, 5.74) is 1.11. The lowest BCUT2D eigenvalue weighted by atomic mass is 9.82. The van der Waals surface area contributed by atoms with Crippen molar-refractivity contribution < 1.29 is 19.2 Å². The highest BCUT2D eigenvalue weighted by Gasteiger charge is 2.32. The molecule has 0 atom stereocenters. The first-order valence-electron chi connectivity index (χ1n) is 9.42. The summed E-state index contributed by atoms with van der Waals surface area (Å²) in [7, 11) is 0. The Bertz CT molecular complexity index is 900. The summed E-state index contributed by atoms with van der Waals surface area (Å²) in [6.45, 7) is 4.73. The van der Waals surface area contributed by atoms with Gasteiger partial charge in [-0.2, -0.15) is 0 Å². The zero-order valence-electron chi connectivity index (χ0n) is 15.9. The lowest BCUT2D eigenvalue weighted by Crippen LogP contribution is -2.32. The lowest BCUT2D eigenvalue weighted by molar-refractivity contribution is 0.0917. The fourth-order valence-electron chi connectivity index (χ4n) is 3.19. The van der Waals surface area contributed by atoms with Crippen molar-refractivity contribution in [3.05, 3.63) is 69.8 Å². The second-order valence-corrected chi connectivity index (χ2v) is 6.66. The summed E-state index contributed by atoms with van der Waals surface area (Å²) in [5.74, 6) is -1.53. The van der Waals surface area contributed by atoms with Crippen LogP contribution >= 0.6 is 0 Å². The molecule has 1 aliphatic rings. The van der Waals surface area contributed by atoms with Gasteiger partial charge in [-0.15, -0.1) is 0 Å². The number of benzene rings is 2. The fourth-order valence-corrected chi connectivity index (χ4v) is 3.19. The van der Waals surface area contributed by atoms with Crippen LogP contribution in [0.1, 0.15) is 79.2 Å². The van der Waals surface area contributed by atoms with E-state index in [1.807, 2.05) is 13.8 Å². The molecule has 0 bridgehead atoms. The van der Waals surface area contributed by atoms with E-state index in [0.29, 0.717) is 24.2 Å². The number of hydrogen-bond acceptors (Lipinski definition) is 4. The highest BCUT2D eigenvalue weighted by atomic mass is 16.2. The van der Waals surface area contributed by atoms with Crippen LogP contribution in [0, 0.1) is 0 Å². The topological polar surface area (TPSA) is 92.3 Å². The summed E-state index contributed by atoms with van der Waals surface area (Å²) in [6, 6.07) is 9.32. The SMILES string of the molecule is CCCNC(=O)c1cc2c(cc1C(=O)NCCC)C(=O)c1ccccc1C2=O. The zero-order chi connectivity index (χ0) is 20.3. The fraction of sp³-hybridized carbons (Fsp3) is 0.273. The molecule has 0 saturated heterocycles. The monoisotopic (exact) mass is 378 g/mol. The Morgan fingerprint density at radius 3 is 1.46 bits per heavy atom. The molecule has 2 aromatic carbocycles. The molecule has 2 amide bonds. The Labute approximate surface area is 163 Å². The molecule has 0 spiro atoms. The molecule has 0 aromatic heterocycles. The number of fused-ring (bicyclic) bond motifs is 2. The van der Waals surface area contributed by atoms with E-state index < -0.39 is 11.8 Å². The van der Waals surface area contributed by atoms with Gasteiger partial charge in [0, 0.05) is 35.3 Å². The average Bonchev–Trinajstić information content (AvgIpc) is 2.73. The van der Waals surface area contributed by atoms with Gasteiger partial charge in [0.1, 0.15) is 0 Å². The van der Waals surface area contributed by atoms with Gasteiger partial charge in [-0.25, -0.2) is 0 Å². The van der Waals surface area contributed by atoms with Gasteiger partial charge in [0.05, 0.1) is 11.1 Å². The first-order chi connectivity index (χ1) is 13.5. The minimum atomic E-state index is -0.439. The van der Waals surface area contributed by atoms with Crippen molar-refractivity contribution in [2.75, 3.05) is 13.1 Å². The maximum Gasteiger partial charge on any atom is 0.252 e. The van der Waals surface area contributed by atoms with E-state index >= 15 is 0 Å². The molecule has 0 fully saturated rings. The minimum absolute atomic E-state index is 0.0985. The van der Waals surface area contributed by atoms with Crippen LogP contribution < -0.4 is 10.6 Å². The van der Waals surface area contributed by atoms with Gasteiger partial charge >= 0.3 is 0 Å². The van der Waals surface area contributed by atoms with E-state index in [0.717, 1.165) is 12.8 Å². The first kappa shape index (κ1) is 19.5. The van der Waals surface area contributed by atoms with E-state index in [9.17, 15) is 19.2 Å². The predicted molar refractivity (Wildman–Crippen MR) is 105 cm³/mol. The van der Waals surface area contributed by atoms with Crippen molar-refractivity contribution in [3.63, 3.8) is 0 Å². The van der Waals surface area contributed by atoms with E-state index in [-0.39, 0.29) is 33.8 Å². The predicted octanol–water partition coefficient (Wildman–Crippen LogP) is 2.74. The number of carbonyl (C=O) groups excluding carboxylic acids is 4. The second kappa shape index (κ2) is 8.17. The molecule has 0 heterocycles. The molecule has 0 saturated carbocycles. The molecule has 3 rings (SSSR count). The summed E-state index contributed by atoms with van der Waals surface area (Å²) >= 11 is 0. The quantitative estimate of drug-likeness (QED) is 0.690. The molecule has 144 valence electrons. The van der Waals surface area contributed by atoms with Gasteiger partial charge in [-0.05, 0) is 25.0 Å². The zero-order valence-corrected chi connectivity index (χ0v) is 15.9. The first-order valence-corrected chi connectivity index (χ1v) is 9.42. The second-order valence-electron chi connectivity index (χ2n) is 6.66. The smallest absolute Gasteiger partial charge is 0.252 e. The van der Waals surface area contributed by atoms with E-state index in [1.54, 1.807) is 24.3 Å². The van der Waals surface area contributed by atoms with Crippen LogP contribution in [-0.4, -0.2) is 36.5 Å². The summed E-state index contributed by atoms with van der Waals surface area (Å²) < 4.78 is 0. The summed E-state index contributed by atoms with van der Waals surface area (Å²) in [4.78, 5) is 51.1. The van der Waals surface area contributed by atoms with Crippen molar-refractivity contribution in [1.29, 1.82) is 0 Å². The van der Waals surface area contributed by atoms with Crippen molar-refractivity contribution >= 4 is 23.4 Å². The van der Waals surface area contributed by atoms with Crippen LogP contribution in [0.5, 0.6) is 0 Å². The molecular formula is C22H22N2O4. The third kappa shape index (κ3) is 3.45. The number of ketones is 2. The van der Waals surface area contributed by atoms with Crippen LogP contribution in [0.15, 0.2) is 36.4 Å². The largest absolute Gasteiger partial charge is 0.352 e. The molecular weight excluding hydrogens is 356 g/mol. The van der Waals surface area contributed by atoms with Crippen LogP contribution in [0.4, 0.5) is 0 Å². The average molecular weight is 378 g/mol. The number of hydrogen-bond donors (Lipinski definition) is 2. The van der Waals surface area contributed by atoms with Crippen molar-refractivity contribution in [2.24, 2.45) is 0 Å². The van der Waals surface area contributed by atoms with Gasteiger partial charge in [0.2, 0.25) is 0 Å². The van der Waals surface area contributed by atoms with E-state index in [1.165, 1.54) is 12.1 Å². The third-order valence-electron chi connectivity index (χ3n) is 4.62. The standard InChI is InChI=1S/C22H22N2O4/c1-3-9-23-21(27)17-11-15-16(12-18(17)22(28)24-10-4-2)20(26)14-8-6-5-7-13(14)19(15)25/h5-8,11-12H,3-4,9-10H2,1-2H3,(H,23,27)(H,24,28). The Morgan fingerprint density at radius 2 is 1.11 bits per heavy atom. The Hall–Kier alpha value is -3.28. The molecule has 2 N–H and O–H groups in total. The van der Waals surface area contributed by atoms with E-state index in [4.69, 9.17) is 0 Å². The number of amides is 2. The Morgan fingerprint density at radius 1 is 0.714 bits per heavy atom. The number of nitrogens with one attached hydrogen (secondary N) is 2. The van der Waals surface area contributed by atoms with Crippen molar-refractivity contribution in [2.45, 2.75) is 26.7 Å². The number of carbonyl (C=O) groups is 4. The normalized spacial score (nSPS) is 12.2. The minimum Gasteiger partial charge on any atom is -0.352 e. The maximum absolute atomic E-state index is 12.9. The van der Waals surface area contributed by atoms with Crippen molar-refractivity contribution in [1.82, 2.24) is 10.6 Å². The summed E-state index contributed by atoms with van der Waals surface area (Å²) in [5, 5.41) is 5.47. The molecule has 0 unspecified atom stereocenters. The molecule has 1 aliphatic carbocycles. The van der Waals surface area contributed by atoms with Crippen molar-refractivity contribution in [3.8, 4) is 0 Å². The summed E-state index contributed by atoms with van der Waals surface area (Å²) in [6.07, 6.45) is 1.47. The molecule has 2 aromatic rings. The Balaban J connectivity index is 2.15. The highest BCUT2D eigenvalue weighted by molar-refractivity contribution is 6.29. The molecule has 0 radical (unpaired) electrons. The molecule has 0 aliphatic heterocycles. The van der Waals surface area contributed by atoms with Crippen LogP contribution in [0.3, 0.4) is 0 Å². The molecule has 6 heteroatoms. The molecule has 28 heavy (non-hydrogen) atoms. The van der Waals surface area contributed by atoms with Gasteiger partial charge in [-0.1, -0.05) is 38.1 Å². The van der Waals surface area contributed by atoms with Gasteiger partial charge in [0.25, 0.3) is 11.8 Å². The van der Waals surface area contributed by atoms with Crippen LogP contribution in [0.2, 0.25) is 0 Å². The third-order valence-corrected chi connectivity index (χ3v) is 4.62. The number of rotatable bonds is 6. The molecule has 6 nitrogen and oxygen atoms in total. The lowest BCUT2D eigenvalue weighted by Gasteiger charge is -2.20. The van der Waals surface area contributed by atoms with E-state index in [2.05, 4.69) is 10.6 Å². The van der Waals surface area contributed by atoms with Gasteiger partial charge in [-0.3, -0.25) is 19.2 Å². The maximum atomic E-state index is 12.9. The van der Waals surface area contributed by atoms with Gasteiger partial charge in [0.15, 0.2) is 11.6 Å². The van der Waals surface area contributed by atoms with Crippen LogP contribution in [-0.2, 0) is 0 Å².